The third-order valence-electron chi connectivity index (χ3n) is 5.02. The summed E-state index contributed by atoms with van der Waals surface area (Å²) >= 11 is 5.84. The van der Waals surface area contributed by atoms with Gasteiger partial charge in [0.15, 0.2) is 0 Å². The van der Waals surface area contributed by atoms with Gasteiger partial charge in [-0.1, -0.05) is 30.7 Å². The number of carbonyl (C=O) groups excluding carboxylic acids is 1. The summed E-state index contributed by atoms with van der Waals surface area (Å²) in [6, 6.07) is 6.85. The molecule has 0 aromatic heterocycles. The fraction of sp³-hybridized carbons (Fsp3) is 0.571. The normalized spacial score (nSPS) is 20.3. The maximum absolute atomic E-state index is 12.1. The molecule has 144 valence electrons. The molecular formula is C21H31ClN2O2. The predicted molar refractivity (Wildman–Crippen MR) is 108 cm³/mol. The number of halogens is 1. The predicted octanol–water partition coefficient (Wildman–Crippen LogP) is 5.13. The molecule has 1 saturated carbocycles. The number of hydrogen-bond acceptors (Lipinski definition) is 3. The number of rotatable bonds is 8. The average Bonchev–Trinajstić information content (AvgIpc) is 2.66. The maximum atomic E-state index is 12.1. The van der Waals surface area contributed by atoms with E-state index in [-0.39, 0.29) is 6.09 Å². The summed E-state index contributed by atoms with van der Waals surface area (Å²) in [6.45, 7) is 4.85. The van der Waals surface area contributed by atoms with Gasteiger partial charge in [-0.05, 0) is 74.8 Å². The summed E-state index contributed by atoms with van der Waals surface area (Å²) in [4.78, 5) is 13.8. The smallest absolute Gasteiger partial charge is 0.410 e. The van der Waals surface area contributed by atoms with Gasteiger partial charge in [0.25, 0.3) is 0 Å². The van der Waals surface area contributed by atoms with Crippen molar-refractivity contribution in [2.75, 3.05) is 26.7 Å². The molecule has 1 fully saturated rings. The van der Waals surface area contributed by atoms with Crippen LogP contribution in [0.3, 0.4) is 0 Å². The van der Waals surface area contributed by atoms with Crippen molar-refractivity contribution in [1.29, 1.82) is 0 Å². The summed E-state index contributed by atoms with van der Waals surface area (Å²) in [6.07, 6.45) is 10.4. The van der Waals surface area contributed by atoms with E-state index in [9.17, 15) is 4.79 Å². The van der Waals surface area contributed by atoms with Gasteiger partial charge in [-0.15, -0.1) is 0 Å². The molecule has 1 amide bonds. The summed E-state index contributed by atoms with van der Waals surface area (Å²) in [5, 5.41) is 3.95. The van der Waals surface area contributed by atoms with E-state index in [0.29, 0.717) is 16.7 Å². The van der Waals surface area contributed by atoms with E-state index in [0.717, 1.165) is 32.0 Å². The van der Waals surface area contributed by atoms with Crippen LogP contribution in [-0.2, 0) is 0 Å². The van der Waals surface area contributed by atoms with Crippen LogP contribution in [0.2, 0.25) is 5.02 Å². The van der Waals surface area contributed by atoms with E-state index in [2.05, 4.69) is 24.4 Å². The molecule has 0 atom stereocenters. The third kappa shape index (κ3) is 7.38. The molecule has 0 unspecified atom stereocenters. The number of allylic oxidation sites excluding steroid dienone is 1. The van der Waals surface area contributed by atoms with Crippen molar-refractivity contribution in [3.05, 3.63) is 41.4 Å². The Labute approximate surface area is 162 Å². The standard InChI is InChI=1S/C21H31ClN2O2/c1-3-23-15-4-5-17-6-8-18(9-7-17)14-16-24(2)21(25)26-20-12-10-19(22)11-13-20/h4-5,10-13,17-18,23H,3,6-9,14-16H2,1-2H3/t17-,18-. The van der Waals surface area contributed by atoms with Gasteiger partial charge < -0.3 is 15.0 Å². The van der Waals surface area contributed by atoms with Crippen molar-refractivity contribution in [3.63, 3.8) is 0 Å². The minimum atomic E-state index is -0.313. The molecule has 0 saturated heterocycles. The van der Waals surface area contributed by atoms with Crippen LogP contribution in [0, 0.1) is 11.8 Å². The zero-order valence-electron chi connectivity index (χ0n) is 15.9. The molecule has 1 aliphatic carbocycles. The highest BCUT2D eigenvalue weighted by Gasteiger charge is 2.21. The molecular weight excluding hydrogens is 348 g/mol. The lowest BCUT2D eigenvalue weighted by atomic mass is 9.80. The number of nitrogens with one attached hydrogen (secondary N) is 1. The quantitative estimate of drug-likeness (QED) is 0.503. The van der Waals surface area contributed by atoms with Gasteiger partial charge in [0.05, 0.1) is 0 Å². The Hall–Kier alpha value is -1.52. The molecule has 4 nitrogen and oxygen atoms in total. The summed E-state index contributed by atoms with van der Waals surface area (Å²) in [5.74, 6) is 1.95. The van der Waals surface area contributed by atoms with Gasteiger partial charge in [0.2, 0.25) is 0 Å². The number of nitrogens with zero attached hydrogens (tertiary/aromatic N) is 1. The lowest BCUT2D eigenvalue weighted by molar-refractivity contribution is 0.157. The fourth-order valence-electron chi connectivity index (χ4n) is 3.31. The highest BCUT2D eigenvalue weighted by molar-refractivity contribution is 6.30. The Bertz CT molecular complexity index is 566. The number of hydrogen-bond donors (Lipinski definition) is 1. The largest absolute Gasteiger partial charge is 0.414 e. The Morgan fingerprint density at radius 1 is 1.27 bits per heavy atom. The van der Waals surface area contributed by atoms with Crippen molar-refractivity contribution in [1.82, 2.24) is 10.2 Å². The second-order valence-electron chi connectivity index (χ2n) is 7.05. The van der Waals surface area contributed by atoms with Crippen LogP contribution in [-0.4, -0.2) is 37.7 Å². The highest BCUT2D eigenvalue weighted by atomic mass is 35.5. The molecule has 1 aliphatic rings. The van der Waals surface area contributed by atoms with E-state index in [4.69, 9.17) is 16.3 Å². The van der Waals surface area contributed by atoms with Gasteiger partial charge in [-0.2, -0.15) is 0 Å². The SMILES string of the molecule is CCNCC=C[C@H]1CC[C@H](CCN(C)C(=O)Oc2ccc(Cl)cc2)CC1. The number of likely N-dealkylation sites (N-methyl/N-ethyl adjacent to an activating group) is 1. The van der Waals surface area contributed by atoms with Crippen LogP contribution in [0.1, 0.15) is 39.0 Å². The molecule has 26 heavy (non-hydrogen) atoms. The number of ether oxygens (including phenoxy) is 1. The maximum Gasteiger partial charge on any atom is 0.414 e. The van der Waals surface area contributed by atoms with E-state index < -0.39 is 0 Å². The average molecular weight is 379 g/mol. The van der Waals surface area contributed by atoms with Crippen LogP contribution >= 0.6 is 11.6 Å². The lowest BCUT2D eigenvalue weighted by Gasteiger charge is -2.28. The zero-order chi connectivity index (χ0) is 18.8. The van der Waals surface area contributed by atoms with Gasteiger partial charge in [0.1, 0.15) is 5.75 Å². The molecule has 2 rings (SSSR count). The molecule has 0 spiro atoms. The summed E-state index contributed by atoms with van der Waals surface area (Å²) in [7, 11) is 1.80. The van der Waals surface area contributed by atoms with Crippen molar-refractivity contribution < 1.29 is 9.53 Å². The van der Waals surface area contributed by atoms with Crippen molar-refractivity contribution in [2.45, 2.75) is 39.0 Å². The number of amides is 1. The molecule has 1 aromatic rings. The van der Waals surface area contributed by atoms with Gasteiger partial charge in [-0.3, -0.25) is 0 Å². The molecule has 0 bridgehead atoms. The second kappa shape index (κ2) is 11.2. The van der Waals surface area contributed by atoms with Crippen LogP contribution in [0.15, 0.2) is 36.4 Å². The second-order valence-corrected chi connectivity index (χ2v) is 7.49. The van der Waals surface area contributed by atoms with Crippen molar-refractivity contribution >= 4 is 17.7 Å². The fourth-order valence-corrected chi connectivity index (χ4v) is 3.43. The Balaban J connectivity index is 1.65. The number of benzene rings is 1. The first-order chi connectivity index (χ1) is 12.6. The first-order valence-electron chi connectivity index (χ1n) is 9.64. The minimum Gasteiger partial charge on any atom is -0.410 e. The van der Waals surface area contributed by atoms with Gasteiger partial charge in [0, 0.05) is 25.2 Å². The molecule has 0 aliphatic heterocycles. The third-order valence-corrected chi connectivity index (χ3v) is 5.27. The first-order valence-corrected chi connectivity index (χ1v) is 10.0. The van der Waals surface area contributed by atoms with Gasteiger partial charge >= 0.3 is 6.09 Å². The summed E-state index contributed by atoms with van der Waals surface area (Å²) < 4.78 is 5.37. The summed E-state index contributed by atoms with van der Waals surface area (Å²) in [5.41, 5.74) is 0. The van der Waals surface area contributed by atoms with E-state index >= 15 is 0 Å². The van der Waals surface area contributed by atoms with Gasteiger partial charge in [-0.25, -0.2) is 4.79 Å². The molecule has 0 heterocycles. The molecule has 0 radical (unpaired) electrons. The molecule has 1 aromatic carbocycles. The molecule has 5 heteroatoms. The topological polar surface area (TPSA) is 41.6 Å². The lowest BCUT2D eigenvalue weighted by Crippen LogP contribution is -2.32. The Morgan fingerprint density at radius 3 is 2.62 bits per heavy atom. The van der Waals surface area contributed by atoms with E-state index in [1.165, 1.54) is 25.7 Å². The highest BCUT2D eigenvalue weighted by Crippen LogP contribution is 2.31. The van der Waals surface area contributed by atoms with Crippen LogP contribution in [0.25, 0.3) is 0 Å². The van der Waals surface area contributed by atoms with E-state index in [1.54, 1.807) is 36.2 Å². The monoisotopic (exact) mass is 378 g/mol. The Kier molecular flexibility index (Phi) is 8.99. The molecule has 1 N–H and O–H groups in total. The van der Waals surface area contributed by atoms with E-state index in [1.807, 2.05) is 0 Å². The Morgan fingerprint density at radius 2 is 1.96 bits per heavy atom. The van der Waals surface area contributed by atoms with Crippen LogP contribution in [0.5, 0.6) is 5.75 Å². The van der Waals surface area contributed by atoms with Crippen molar-refractivity contribution in [2.24, 2.45) is 11.8 Å². The number of carbonyl (C=O) groups is 1. The van der Waals surface area contributed by atoms with Crippen LogP contribution in [0.4, 0.5) is 4.79 Å². The first kappa shape index (κ1) is 20.8. The minimum absolute atomic E-state index is 0.313. The zero-order valence-corrected chi connectivity index (χ0v) is 16.7. The van der Waals surface area contributed by atoms with Crippen LogP contribution < -0.4 is 10.1 Å². The van der Waals surface area contributed by atoms with Crippen molar-refractivity contribution in [3.8, 4) is 5.75 Å².